The zero-order valence-electron chi connectivity index (χ0n) is 8.86. The van der Waals surface area contributed by atoms with Crippen molar-refractivity contribution in [2.75, 3.05) is 13.2 Å². The van der Waals surface area contributed by atoms with Gasteiger partial charge in [0.1, 0.15) is 0 Å². The summed E-state index contributed by atoms with van der Waals surface area (Å²) in [5, 5.41) is 10.5. The van der Waals surface area contributed by atoms with Crippen molar-refractivity contribution in [3.05, 3.63) is 23.0 Å². The van der Waals surface area contributed by atoms with Gasteiger partial charge >= 0.3 is 0 Å². The van der Waals surface area contributed by atoms with E-state index >= 15 is 0 Å². The molecule has 1 aromatic heterocycles. The first-order valence-corrected chi connectivity index (χ1v) is 5.36. The summed E-state index contributed by atoms with van der Waals surface area (Å²) in [4.78, 5) is 11.8. The highest BCUT2D eigenvalue weighted by molar-refractivity contribution is 6.29. The maximum absolute atomic E-state index is 11.8. The molecule has 0 aromatic carbocycles. The van der Waals surface area contributed by atoms with E-state index in [1.807, 2.05) is 6.92 Å². The number of aromatic nitrogens is 2. The Morgan fingerprint density at radius 3 is 2.94 bits per heavy atom. The number of rotatable bonds is 2. The summed E-state index contributed by atoms with van der Waals surface area (Å²) in [5.41, 5.74) is -0.0455. The van der Waals surface area contributed by atoms with Crippen molar-refractivity contribution in [2.24, 2.45) is 0 Å². The van der Waals surface area contributed by atoms with Crippen LogP contribution >= 0.6 is 11.6 Å². The van der Waals surface area contributed by atoms with Crippen LogP contribution in [0.25, 0.3) is 0 Å². The van der Waals surface area contributed by atoms with Crippen LogP contribution in [-0.2, 0) is 4.74 Å². The van der Waals surface area contributed by atoms with Crippen LogP contribution in [0, 0.1) is 0 Å². The summed E-state index contributed by atoms with van der Waals surface area (Å²) < 4.78 is 5.24. The average Bonchev–Trinajstić information content (AvgIpc) is 2.65. The lowest BCUT2D eigenvalue weighted by Gasteiger charge is -2.22. The SMILES string of the molecule is CC1(NC(=O)c2ccc(Cl)nn2)CCOC1. The standard InChI is InChI=1S/C10H12ClN3O2/c1-10(4-5-16-6-10)12-9(15)7-2-3-8(11)14-13-7/h2-3H,4-6H2,1H3,(H,12,15). The third kappa shape index (κ3) is 2.48. The molecule has 86 valence electrons. The number of ether oxygens (including phenoxy) is 1. The Kier molecular flexibility index (Phi) is 3.07. The van der Waals surface area contributed by atoms with Gasteiger partial charge in [0, 0.05) is 6.61 Å². The number of halogens is 1. The molecule has 1 fully saturated rings. The van der Waals surface area contributed by atoms with Gasteiger partial charge in [0.15, 0.2) is 10.8 Å². The molecular formula is C10H12ClN3O2. The first-order chi connectivity index (χ1) is 7.59. The van der Waals surface area contributed by atoms with E-state index in [1.54, 1.807) is 6.07 Å². The van der Waals surface area contributed by atoms with Crippen LogP contribution in [-0.4, -0.2) is 34.9 Å². The molecule has 0 spiro atoms. The predicted molar refractivity (Wildman–Crippen MR) is 58.3 cm³/mol. The second-order valence-corrected chi connectivity index (χ2v) is 4.45. The third-order valence-electron chi connectivity index (χ3n) is 2.50. The molecule has 16 heavy (non-hydrogen) atoms. The van der Waals surface area contributed by atoms with Crippen molar-refractivity contribution in [1.82, 2.24) is 15.5 Å². The molecule has 1 aliphatic heterocycles. The Morgan fingerprint density at radius 2 is 2.38 bits per heavy atom. The Morgan fingerprint density at radius 1 is 1.56 bits per heavy atom. The first-order valence-electron chi connectivity index (χ1n) is 4.99. The van der Waals surface area contributed by atoms with Crippen molar-refractivity contribution < 1.29 is 9.53 Å². The molecule has 1 unspecified atom stereocenters. The van der Waals surface area contributed by atoms with Gasteiger partial charge in [0.25, 0.3) is 5.91 Å². The van der Waals surface area contributed by atoms with Crippen LogP contribution in [0.2, 0.25) is 5.15 Å². The minimum Gasteiger partial charge on any atom is -0.379 e. The van der Waals surface area contributed by atoms with Gasteiger partial charge in [-0.2, -0.15) is 0 Å². The van der Waals surface area contributed by atoms with Gasteiger partial charge in [-0.3, -0.25) is 4.79 Å². The second-order valence-electron chi connectivity index (χ2n) is 4.06. The van der Waals surface area contributed by atoms with Gasteiger partial charge in [0.2, 0.25) is 0 Å². The van der Waals surface area contributed by atoms with Gasteiger partial charge in [-0.1, -0.05) is 11.6 Å². The van der Waals surface area contributed by atoms with E-state index in [9.17, 15) is 4.79 Å². The summed E-state index contributed by atoms with van der Waals surface area (Å²) in [5.74, 6) is -0.253. The Hall–Kier alpha value is -1.20. The normalized spacial score (nSPS) is 24.4. The fourth-order valence-electron chi connectivity index (χ4n) is 1.54. The van der Waals surface area contributed by atoms with Crippen molar-refractivity contribution >= 4 is 17.5 Å². The highest BCUT2D eigenvalue weighted by Gasteiger charge is 2.31. The molecule has 1 N–H and O–H groups in total. The number of carbonyl (C=O) groups is 1. The summed E-state index contributed by atoms with van der Waals surface area (Å²) in [6.45, 7) is 3.14. The van der Waals surface area contributed by atoms with E-state index in [2.05, 4.69) is 15.5 Å². The zero-order valence-corrected chi connectivity index (χ0v) is 9.62. The lowest BCUT2D eigenvalue weighted by atomic mass is 10.0. The van der Waals surface area contributed by atoms with E-state index in [-0.39, 0.29) is 22.3 Å². The molecule has 1 aliphatic rings. The summed E-state index contributed by atoms with van der Waals surface area (Å²) >= 11 is 5.59. The van der Waals surface area contributed by atoms with E-state index in [4.69, 9.17) is 16.3 Å². The summed E-state index contributed by atoms with van der Waals surface area (Å²) in [6, 6.07) is 3.08. The van der Waals surface area contributed by atoms with Crippen LogP contribution in [0.1, 0.15) is 23.8 Å². The topological polar surface area (TPSA) is 64.1 Å². The van der Waals surface area contributed by atoms with E-state index < -0.39 is 0 Å². The van der Waals surface area contributed by atoms with Gasteiger partial charge in [-0.15, -0.1) is 10.2 Å². The van der Waals surface area contributed by atoms with Crippen LogP contribution < -0.4 is 5.32 Å². The van der Waals surface area contributed by atoms with Crippen LogP contribution in [0.3, 0.4) is 0 Å². The number of hydrogen-bond acceptors (Lipinski definition) is 4. The molecule has 5 nitrogen and oxygen atoms in total. The fourth-order valence-corrected chi connectivity index (χ4v) is 1.64. The Balaban J connectivity index is 2.05. The number of nitrogens with zero attached hydrogens (tertiary/aromatic N) is 2. The quantitative estimate of drug-likeness (QED) is 0.840. The van der Waals surface area contributed by atoms with Crippen LogP contribution in [0.4, 0.5) is 0 Å². The lowest BCUT2D eigenvalue weighted by Crippen LogP contribution is -2.46. The molecule has 6 heteroatoms. The summed E-state index contributed by atoms with van der Waals surface area (Å²) in [6.07, 6.45) is 0.805. The van der Waals surface area contributed by atoms with Crippen molar-refractivity contribution in [1.29, 1.82) is 0 Å². The minimum absolute atomic E-state index is 0.253. The highest BCUT2D eigenvalue weighted by atomic mass is 35.5. The number of amides is 1. The molecular weight excluding hydrogens is 230 g/mol. The third-order valence-corrected chi connectivity index (χ3v) is 2.70. The van der Waals surface area contributed by atoms with Crippen molar-refractivity contribution in [3.63, 3.8) is 0 Å². The molecule has 2 heterocycles. The molecule has 1 atom stereocenters. The Labute approximate surface area is 98.2 Å². The smallest absolute Gasteiger partial charge is 0.272 e. The molecule has 1 saturated heterocycles. The highest BCUT2D eigenvalue weighted by Crippen LogP contribution is 2.17. The van der Waals surface area contributed by atoms with E-state index in [0.29, 0.717) is 13.2 Å². The summed E-state index contributed by atoms with van der Waals surface area (Å²) in [7, 11) is 0. The minimum atomic E-state index is -0.307. The second kappa shape index (κ2) is 4.35. The van der Waals surface area contributed by atoms with Crippen LogP contribution in [0.5, 0.6) is 0 Å². The Bertz CT molecular complexity index is 388. The molecule has 0 radical (unpaired) electrons. The molecule has 0 aliphatic carbocycles. The first kappa shape index (κ1) is 11.3. The van der Waals surface area contributed by atoms with Crippen molar-refractivity contribution in [2.45, 2.75) is 18.9 Å². The number of nitrogens with one attached hydrogen (secondary N) is 1. The monoisotopic (exact) mass is 241 g/mol. The largest absolute Gasteiger partial charge is 0.379 e. The van der Waals surface area contributed by atoms with Crippen LogP contribution in [0.15, 0.2) is 12.1 Å². The van der Waals surface area contributed by atoms with Gasteiger partial charge in [0.05, 0.1) is 12.1 Å². The zero-order chi connectivity index (χ0) is 11.6. The predicted octanol–water partition coefficient (Wildman–Crippen LogP) is 1.04. The molecule has 0 saturated carbocycles. The number of hydrogen-bond donors (Lipinski definition) is 1. The molecule has 1 amide bonds. The van der Waals surface area contributed by atoms with Gasteiger partial charge in [-0.25, -0.2) is 0 Å². The van der Waals surface area contributed by atoms with Crippen molar-refractivity contribution in [3.8, 4) is 0 Å². The molecule has 2 rings (SSSR count). The average molecular weight is 242 g/mol. The number of carbonyl (C=O) groups excluding carboxylic acids is 1. The molecule has 0 bridgehead atoms. The lowest BCUT2D eigenvalue weighted by molar-refractivity contribution is 0.0883. The fraction of sp³-hybridized carbons (Fsp3) is 0.500. The van der Waals surface area contributed by atoms with E-state index in [0.717, 1.165) is 6.42 Å². The van der Waals surface area contributed by atoms with E-state index in [1.165, 1.54) is 6.07 Å². The molecule has 1 aromatic rings. The maximum atomic E-state index is 11.8. The van der Waals surface area contributed by atoms with Gasteiger partial charge in [-0.05, 0) is 25.5 Å². The van der Waals surface area contributed by atoms with Gasteiger partial charge < -0.3 is 10.1 Å². The maximum Gasteiger partial charge on any atom is 0.272 e.